The average Bonchev–Trinajstić information content (AvgIpc) is 3.19. The van der Waals surface area contributed by atoms with Crippen LogP contribution in [-0.2, 0) is 22.7 Å². The zero-order valence-electron chi connectivity index (χ0n) is 14.6. The van der Waals surface area contributed by atoms with Crippen LogP contribution < -0.4 is 10.2 Å². The molecule has 7 nitrogen and oxygen atoms in total. The normalized spacial score (nSPS) is 17.3. The average molecular weight is 341 g/mol. The van der Waals surface area contributed by atoms with Gasteiger partial charge in [0.2, 0.25) is 11.8 Å². The first-order valence-electron chi connectivity index (χ1n) is 8.52. The van der Waals surface area contributed by atoms with Crippen LogP contribution in [0.2, 0.25) is 0 Å². The number of carbonyl (C=O) groups excluding carboxylic acids is 2. The summed E-state index contributed by atoms with van der Waals surface area (Å²) in [5, 5.41) is 7.18. The molecule has 0 unspecified atom stereocenters. The minimum absolute atomic E-state index is 0.0365. The third-order valence-electron chi connectivity index (χ3n) is 4.17. The SMILES string of the molecule is CC(C)Cn1cc(N2C[C@H](C(=O)NCc3cccnc3)CC2=O)cn1. The molecule has 3 rings (SSSR count). The van der Waals surface area contributed by atoms with Gasteiger partial charge in [-0.25, -0.2) is 0 Å². The lowest BCUT2D eigenvalue weighted by Gasteiger charge is -2.14. The van der Waals surface area contributed by atoms with Crippen LogP contribution in [0, 0.1) is 11.8 Å². The first-order valence-corrected chi connectivity index (χ1v) is 8.52. The summed E-state index contributed by atoms with van der Waals surface area (Å²) in [6, 6.07) is 3.74. The van der Waals surface area contributed by atoms with Crippen LogP contribution in [0.1, 0.15) is 25.8 Å². The Morgan fingerprint density at radius 3 is 2.96 bits per heavy atom. The molecule has 7 heteroatoms. The predicted octanol–water partition coefficient (Wildman–Crippen LogP) is 1.60. The molecule has 2 aromatic rings. The largest absolute Gasteiger partial charge is 0.352 e. The van der Waals surface area contributed by atoms with Crippen LogP contribution in [-0.4, -0.2) is 33.1 Å². The summed E-state index contributed by atoms with van der Waals surface area (Å²) in [5.41, 5.74) is 1.69. The van der Waals surface area contributed by atoms with Crippen molar-refractivity contribution in [3.8, 4) is 0 Å². The van der Waals surface area contributed by atoms with Crippen molar-refractivity contribution in [3.05, 3.63) is 42.5 Å². The van der Waals surface area contributed by atoms with Crippen molar-refractivity contribution in [1.29, 1.82) is 0 Å². The first-order chi connectivity index (χ1) is 12.0. The van der Waals surface area contributed by atoms with Crippen LogP contribution in [0.25, 0.3) is 0 Å². The van der Waals surface area contributed by atoms with Crippen molar-refractivity contribution in [1.82, 2.24) is 20.1 Å². The van der Waals surface area contributed by atoms with E-state index in [1.165, 1.54) is 0 Å². The van der Waals surface area contributed by atoms with Gasteiger partial charge in [0.25, 0.3) is 0 Å². The molecule has 0 radical (unpaired) electrons. The number of aromatic nitrogens is 3. The number of nitrogens with zero attached hydrogens (tertiary/aromatic N) is 4. The Hall–Kier alpha value is -2.70. The molecule has 1 saturated heterocycles. The second kappa shape index (κ2) is 7.46. The monoisotopic (exact) mass is 341 g/mol. The number of anilines is 1. The van der Waals surface area contributed by atoms with Gasteiger partial charge >= 0.3 is 0 Å². The van der Waals surface area contributed by atoms with E-state index in [1.807, 2.05) is 23.0 Å². The Labute approximate surface area is 147 Å². The van der Waals surface area contributed by atoms with E-state index in [1.54, 1.807) is 23.5 Å². The van der Waals surface area contributed by atoms with E-state index < -0.39 is 0 Å². The minimum atomic E-state index is -0.336. The summed E-state index contributed by atoms with van der Waals surface area (Å²) in [6.45, 7) is 5.85. The van der Waals surface area contributed by atoms with E-state index in [4.69, 9.17) is 0 Å². The zero-order valence-corrected chi connectivity index (χ0v) is 14.6. The molecule has 1 aliphatic heterocycles. The second-order valence-corrected chi connectivity index (χ2v) is 6.80. The summed E-state index contributed by atoms with van der Waals surface area (Å²) in [4.78, 5) is 30.3. The molecule has 1 N–H and O–H groups in total. The summed E-state index contributed by atoms with van der Waals surface area (Å²) in [5.74, 6) is 0.00514. The molecule has 1 fully saturated rings. The lowest BCUT2D eigenvalue weighted by atomic mass is 10.1. The molecule has 1 aliphatic rings. The Morgan fingerprint density at radius 1 is 1.40 bits per heavy atom. The van der Waals surface area contributed by atoms with E-state index in [0.29, 0.717) is 19.0 Å². The topological polar surface area (TPSA) is 80.1 Å². The van der Waals surface area contributed by atoms with E-state index in [-0.39, 0.29) is 24.2 Å². The fourth-order valence-electron chi connectivity index (χ4n) is 2.93. The number of hydrogen-bond donors (Lipinski definition) is 1. The van der Waals surface area contributed by atoms with Crippen LogP contribution in [0.4, 0.5) is 5.69 Å². The smallest absolute Gasteiger partial charge is 0.227 e. The molecule has 2 amide bonds. The molecule has 0 bridgehead atoms. The molecule has 2 aromatic heterocycles. The number of rotatable bonds is 6. The summed E-state index contributed by atoms with van der Waals surface area (Å²) >= 11 is 0. The predicted molar refractivity (Wildman–Crippen MR) is 93.6 cm³/mol. The van der Waals surface area contributed by atoms with Crippen molar-refractivity contribution >= 4 is 17.5 Å². The molecule has 25 heavy (non-hydrogen) atoms. The standard InChI is InChI=1S/C18H23N5O2/c1-13(2)10-22-12-16(9-21-22)23-11-15(6-17(23)24)18(25)20-8-14-4-3-5-19-7-14/h3-5,7,9,12-13,15H,6,8,10-11H2,1-2H3,(H,20,25)/t15-/m1/s1. The van der Waals surface area contributed by atoms with Gasteiger partial charge in [0, 0.05) is 44.6 Å². The highest BCUT2D eigenvalue weighted by Gasteiger charge is 2.35. The van der Waals surface area contributed by atoms with Crippen LogP contribution >= 0.6 is 0 Å². The Bertz CT molecular complexity index is 741. The highest BCUT2D eigenvalue weighted by molar-refractivity contribution is 6.00. The van der Waals surface area contributed by atoms with Gasteiger partial charge in [-0.2, -0.15) is 5.10 Å². The van der Waals surface area contributed by atoms with Gasteiger partial charge in [-0.3, -0.25) is 19.3 Å². The molecule has 0 spiro atoms. The zero-order chi connectivity index (χ0) is 17.8. The van der Waals surface area contributed by atoms with E-state index in [2.05, 4.69) is 29.2 Å². The number of carbonyl (C=O) groups is 2. The van der Waals surface area contributed by atoms with E-state index in [9.17, 15) is 9.59 Å². The molecule has 0 aliphatic carbocycles. The molecule has 1 atom stereocenters. The van der Waals surface area contributed by atoms with Gasteiger partial charge < -0.3 is 10.2 Å². The van der Waals surface area contributed by atoms with Gasteiger partial charge in [-0.1, -0.05) is 19.9 Å². The first kappa shape index (κ1) is 17.1. The highest BCUT2D eigenvalue weighted by atomic mass is 16.2. The molecule has 0 aromatic carbocycles. The van der Waals surface area contributed by atoms with Crippen molar-refractivity contribution in [3.63, 3.8) is 0 Å². The molecular formula is C18H23N5O2. The van der Waals surface area contributed by atoms with E-state index in [0.717, 1.165) is 17.8 Å². The second-order valence-electron chi connectivity index (χ2n) is 6.80. The van der Waals surface area contributed by atoms with Crippen LogP contribution in [0.3, 0.4) is 0 Å². The van der Waals surface area contributed by atoms with Crippen molar-refractivity contribution < 1.29 is 9.59 Å². The summed E-state index contributed by atoms with van der Waals surface area (Å²) < 4.78 is 1.84. The van der Waals surface area contributed by atoms with Crippen molar-refractivity contribution in [2.45, 2.75) is 33.4 Å². The summed E-state index contributed by atoms with van der Waals surface area (Å²) in [7, 11) is 0. The van der Waals surface area contributed by atoms with E-state index >= 15 is 0 Å². The molecule has 132 valence electrons. The Balaban J connectivity index is 1.58. The van der Waals surface area contributed by atoms with Crippen molar-refractivity contribution in [2.24, 2.45) is 11.8 Å². The van der Waals surface area contributed by atoms with Crippen LogP contribution in [0.5, 0.6) is 0 Å². The molecular weight excluding hydrogens is 318 g/mol. The van der Waals surface area contributed by atoms with Gasteiger partial charge in [0.05, 0.1) is 17.8 Å². The number of hydrogen-bond acceptors (Lipinski definition) is 4. The lowest BCUT2D eigenvalue weighted by molar-refractivity contribution is -0.126. The number of amides is 2. The molecule has 0 saturated carbocycles. The fourth-order valence-corrected chi connectivity index (χ4v) is 2.93. The highest BCUT2D eigenvalue weighted by Crippen LogP contribution is 2.25. The molecule has 3 heterocycles. The third kappa shape index (κ3) is 4.23. The van der Waals surface area contributed by atoms with Crippen LogP contribution in [0.15, 0.2) is 36.9 Å². The van der Waals surface area contributed by atoms with Crippen molar-refractivity contribution in [2.75, 3.05) is 11.4 Å². The Morgan fingerprint density at radius 2 is 2.24 bits per heavy atom. The summed E-state index contributed by atoms with van der Waals surface area (Å²) in [6.07, 6.45) is 7.20. The third-order valence-corrected chi connectivity index (χ3v) is 4.17. The quantitative estimate of drug-likeness (QED) is 0.865. The van der Waals surface area contributed by atoms with Gasteiger partial charge in [0.1, 0.15) is 0 Å². The minimum Gasteiger partial charge on any atom is -0.352 e. The van der Waals surface area contributed by atoms with Gasteiger partial charge in [-0.05, 0) is 17.5 Å². The fraction of sp³-hybridized carbons (Fsp3) is 0.444. The number of pyridine rings is 1. The maximum atomic E-state index is 12.4. The Kier molecular flexibility index (Phi) is 5.11. The van der Waals surface area contributed by atoms with Gasteiger partial charge in [-0.15, -0.1) is 0 Å². The number of nitrogens with one attached hydrogen (secondary N) is 1. The van der Waals surface area contributed by atoms with Gasteiger partial charge in [0.15, 0.2) is 0 Å². The maximum Gasteiger partial charge on any atom is 0.227 e. The maximum absolute atomic E-state index is 12.4. The lowest BCUT2D eigenvalue weighted by Crippen LogP contribution is -2.32.